The lowest BCUT2D eigenvalue weighted by molar-refractivity contribution is -0.0529. The maximum Gasteiger partial charge on any atom is 0.534 e. The van der Waals surface area contributed by atoms with Gasteiger partial charge in [0.05, 0.1) is 37.3 Å². The van der Waals surface area contributed by atoms with Crippen molar-refractivity contribution >= 4 is 20.2 Å². The molecule has 2 saturated carbocycles. The Morgan fingerprint density at radius 1 is 0.567 bits per heavy atom. The Balaban J connectivity index is 1.48. The smallest absolute Gasteiger partial charge is 0.493 e. The van der Waals surface area contributed by atoms with E-state index in [0.717, 1.165) is 51.4 Å². The van der Waals surface area contributed by atoms with Gasteiger partial charge in [-0.25, -0.2) is 0 Å². The summed E-state index contributed by atoms with van der Waals surface area (Å²) in [5.74, 6) is 12.1. The van der Waals surface area contributed by atoms with Crippen LogP contribution in [0, 0.1) is 23.7 Å². The van der Waals surface area contributed by atoms with Gasteiger partial charge >= 0.3 is 31.3 Å². The predicted octanol–water partition coefficient (Wildman–Crippen LogP) is 9.40. The number of methoxy groups -OCH3 is 2. The summed E-state index contributed by atoms with van der Waals surface area (Å²) in [7, 11) is -9.15. The summed E-state index contributed by atoms with van der Waals surface area (Å²) in [4.78, 5) is 0. The number of allylic oxidation sites excluding steroid dienone is 4. The Kier molecular flexibility index (Phi) is 13.3. The molecule has 0 N–H and O–H groups in total. The minimum atomic E-state index is -6.03. The van der Waals surface area contributed by atoms with Gasteiger partial charge in [-0.05, 0) is 136 Å². The summed E-state index contributed by atoms with van der Waals surface area (Å²) in [5, 5.41) is 0. The number of rotatable bonds is 12. The molecule has 2 aromatic carbocycles. The molecule has 2 fully saturated rings. The van der Waals surface area contributed by atoms with Crippen LogP contribution >= 0.6 is 0 Å². The van der Waals surface area contributed by atoms with Gasteiger partial charge in [0.1, 0.15) is 11.5 Å². The zero-order valence-corrected chi connectivity index (χ0v) is 34.5. The third kappa shape index (κ3) is 10.1. The quantitative estimate of drug-likeness (QED) is 0.0882. The maximum atomic E-state index is 13.4. The van der Waals surface area contributed by atoms with Crippen LogP contribution < -0.4 is 18.9 Å². The van der Waals surface area contributed by atoms with Crippen molar-refractivity contribution in [1.82, 2.24) is 0 Å². The number of hydrogen-bond acceptors (Lipinski definition) is 10. The molecule has 0 heterocycles. The molecule has 0 saturated heterocycles. The second kappa shape index (κ2) is 17.7. The van der Waals surface area contributed by atoms with Crippen molar-refractivity contribution in [3.8, 4) is 46.7 Å². The summed E-state index contributed by atoms with van der Waals surface area (Å²) in [6, 6.07) is 9.74. The molecule has 0 spiro atoms. The zero-order valence-electron chi connectivity index (χ0n) is 32.8. The van der Waals surface area contributed by atoms with Gasteiger partial charge in [0, 0.05) is 12.8 Å². The first kappa shape index (κ1) is 44.9. The third-order valence-electron chi connectivity index (χ3n) is 11.0. The molecule has 2 aromatic rings. The van der Waals surface area contributed by atoms with Crippen molar-refractivity contribution in [1.29, 1.82) is 0 Å². The molecule has 0 amide bonds. The van der Waals surface area contributed by atoms with Crippen LogP contribution in [0.25, 0.3) is 0 Å². The lowest BCUT2D eigenvalue weighted by Crippen LogP contribution is -2.30. The van der Waals surface area contributed by atoms with Crippen LogP contribution in [0.4, 0.5) is 26.3 Å². The molecule has 0 bridgehead atoms. The molecule has 0 aromatic heterocycles. The molecule has 0 radical (unpaired) electrons. The van der Waals surface area contributed by atoms with Crippen molar-refractivity contribution < 1.29 is 70.5 Å². The van der Waals surface area contributed by atoms with E-state index < -0.39 is 53.6 Å². The molecule has 18 heteroatoms. The van der Waals surface area contributed by atoms with Crippen LogP contribution in [0.2, 0.25) is 0 Å². The Labute approximate surface area is 345 Å². The van der Waals surface area contributed by atoms with Crippen LogP contribution in [-0.2, 0) is 39.4 Å². The van der Waals surface area contributed by atoms with Gasteiger partial charge in [-0.3, -0.25) is 0 Å². The first-order valence-corrected chi connectivity index (χ1v) is 22.3. The summed E-state index contributed by atoms with van der Waals surface area (Å²) in [6.07, 6.45) is 9.67. The lowest BCUT2D eigenvalue weighted by Gasteiger charge is -2.32. The van der Waals surface area contributed by atoms with Crippen molar-refractivity contribution in [3.05, 3.63) is 71.2 Å². The van der Waals surface area contributed by atoms with Gasteiger partial charge in [0.2, 0.25) is 0 Å². The highest BCUT2D eigenvalue weighted by Gasteiger charge is 2.50. The molecule has 4 aliphatic rings. The lowest BCUT2D eigenvalue weighted by atomic mass is 9.73. The first-order valence-electron chi connectivity index (χ1n) is 19.5. The standard InChI is InChI=1S/C42H44F6O10S2/c1-53-35-19-17-29(25-37(35)55-31-11-3-4-12-31)39(23-9-15-33(27-39)57-59(49,50)41(43,44)45)21-7-8-22-40(24-10-16-34(28-40)58-60(51,52)42(46,47)48)30-18-20-36(54-2)38(26-30)56-32-13-5-6-14-32/h17-20,25-28,31-32H,3-6,9-16,23-24H2,1-2H3. The van der Waals surface area contributed by atoms with Crippen LogP contribution in [0.15, 0.2) is 60.1 Å². The van der Waals surface area contributed by atoms with E-state index in [0.29, 0.717) is 34.1 Å². The largest absolute Gasteiger partial charge is 0.534 e. The highest BCUT2D eigenvalue weighted by atomic mass is 32.2. The first-order chi connectivity index (χ1) is 28.3. The summed E-state index contributed by atoms with van der Waals surface area (Å²) in [6.45, 7) is 0. The van der Waals surface area contributed by atoms with Gasteiger partial charge in [0.25, 0.3) is 0 Å². The Bertz CT molecular complexity index is 2160. The highest BCUT2D eigenvalue weighted by molar-refractivity contribution is 7.88. The van der Waals surface area contributed by atoms with Crippen molar-refractivity contribution in [2.75, 3.05) is 14.2 Å². The summed E-state index contributed by atoms with van der Waals surface area (Å²) < 4.78 is 162. The van der Waals surface area contributed by atoms with E-state index in [9.17, 15) is 43.2 Å². The van der Waals surface area contributed by atoms with E-state index in [1.54, 1.807) is 36.4 Å². The average Bonchev–Trinajstić information content (AvgIpc) is 3.91. The molecule has 326 valence electrons. The summed E-state index contributed by atoms with van der Waals surface area (Å²) >= 11 is 0. The van der Waals surface area contributed by atoms with Crippen LogP contribution in [0.1, 0.15) is 101 Å². The molecule has 0 aliphatic heterocycles. The third-order valence-corrected chi connectivity index (χ3v) is 13.0. The van der Waals surface area contributed by atoms with Crippen molar-refractivity contribution in [2.45, 2.75) is 124 Å². The molecule has 4 aliphatic carbocycles. The number of benzene rings is 2. The van der Waals surface area contributed by atoms with Crippen molar-refractivity contribution in [3.63, 3.8) is 0 Å². The normalized spacial score (nSPS) is 22.9. The predicted molar refractivity (Wildman–Crippen MR) is 207 cm³/mol. The average molecular weight is 887 g/mol. The Hall–Kier alpha value is -4.68. The van der Waals surface area contributed by atoms with Gasteiger partial charge in [-0.2, -0.15) is 43.2 Å². The van der Waals surface area contributed by atoms with Gasteiger partial charge < -0.3 is 27.3 Å². The number of alkyl halides is 6. The van der Waals surface area contributed by atoms with Crippen LogP contribution in [-0.4, -0.2) is 54.3 Å². The Morgan fingerprint density at radius 2 is 0.933 bits per heavy atom. The van der Waals surface area contributed by atoms with Gasteiger partial charge in [-0.15, -0.1) is 0 Å². The molecule has 2 atom stereocenters. The molecular formula is C42H44F6O10S2. The number of halogens is 6. The zero-order chi connectivity index (χ0) is 43.4. The van der Waals surface area contributed by atoms with Gasteiger partial charge in [-0.1, -0.05) is 24.0 Å². The van der Waals surface area contributed by atoms with Crippen molar-refractivity contribution in [2.24, 2.45) is 0 Å². The van der Waals surface area contributed by atoms with E-state index in [1.165, 1.54) is 26.4 Å². The molecule has 6 rings (SSSR count). The van der Waals surface area contributed by atoms with Crippen LogP contribution in [0.5, 0.6) is 23.0 Å². The minimum Gasteiger partial charge on any atom is -0.493 e. The minimum absolute atomic E-state index is 0.110. The number of ether oxygens (including phenoxy) is 4. The van der Waals surface area contributed by atoms with E-state index >= 15 is 0 Å². The fourth-order valence-corrected chi connectivity index (χ4v) is 8.99. The van der Waals surface area contributed by atoms with Crippen LogP contribution in [0.3, 0.4) is 0 Å². The fourth-order valence-electron chi connectivity index (χ4n) is 7.98. The second-order valence-corrected chi connectivity index (χ2v) is 18.2. The maximum absolute atomic E-state index is 13.4. The van der Waals surface area contributed by atoms with Gasteiger partial charge in [0.15, 0.2) is 23.0 Å². The molecule has 2 unspecified atom stereocenters. The van der Waals surface area contributed by atoms with E-state index in [-0.39, 0.29) is 50.7 Å². The van der Waals surface area contributed by atoms with E-state index in [4.69, 9.17) is 18.9 Å². The summed E-state index contributed by atoms with van der Waals surface area (Å²) in [5.41, 5.74) is -13.5. The SMILES string of the molecule is COc1ccc(C2(C#CC#CC3(c4ccc(OC)c(OC5CCCC5)c4)C=C(OS(=O)(=O)C(F)(F)F)CCC3)C=C(OS(=O)(=O)C(F)(F)F)CCC2)cc1OC1CCCC1. The number of hydrogen-bond donors (Lipinski definition) is 0. The molecule has 60 heavy (non-hydrogen) atoms. The van der Waals surface area contributed by atoms with E-state index in [2.05, 4.69) is 32.0 Å². The molecular weight excluding hydrogens is 843 g/mol. The Morgan fingerprint density at radius 3 is 1.27 bits per heavy atom. The molecule has 10 nitrogen and oxygen atoms in total. The highest BCUT2D eigenvalue weighted by Crippen LogP contribution is 2.45. The second-order valence-electron chi connectivity index (χ2n) is 15.1. The monoisotopic (exact) mass is 886 g/mol. The fraction of sp³-hybridized carbons (Fsp3) is 0.524. The van der Waals surface area contributed by atoms with E-state index in [1.807, 2.05) is 0 Å². The topological polar surface area (TPSA) is 124 Å².